The van der Waals surface area contributed by atoms with E-state index in [4.69, 9.17) is 10.9 Å². The average Bonchev–Trinajstić information content (AvgIpc) is 2.22. The zero-order valence-electron chi connectivity index (χ0n) is 8.21. The molecule has 2 aromatic carbocycles. The SMILES string of the molecule is Nc1c(O)cc(S(N)(=O)=O)c2ccccc12. The van der Waals surface area contributed by atoms with Crippen LogP contribution < -0.4 is 10.9 Å². The molecule has 0 bridgehead atoms. The van der Waals surface area contributed by atoms with Gasteiger partial charge in [-0.05, 0) is 0 Å². The first kappa shape index (κ1) is 10.7. The Morgan fingerprint density at radius 3 is 2.25 bits per heavy atom. The van der Waals surface area contributed by atoms with E-state index in [-0.39, 0.29) is 16.3 Å². The summed E-state index contributed by atoms with van der Waals surface area (Å²) in [7, 11) is -3.88. The number of hydrogen-bond donors (Lipinski definition) is 3. The van der Waals surface area contributed by atoms with Crippen molar-refractivity contribution in [3.63, 3.8) is 0 Å². The zero-order valence-corrected chi connectivity index (χ0v) is 9.03. The van der Waals surface area contributed by atoms with Gasteiger partial charge in [0.1, 0.15) is 5.75 Å². The van der Waals surface area contributed by atoms with Crippen LogP contribution in [0.1, 0.15) is 0 Å². The third-order valence-electron chi connectivity index (χ3n) is 2.33. The van der Waals surface area contributed by atoms with E-state index in [0.717, 1.165) is 6.07 Å². The van der Waals surface area contributed by atoms with Crippen LogP contribution in [-0.2, 0) is 10.0 Å². The van der Waals surface area contributed by atoms with Crippen molar-refractivity contribution < 1.29 is 13.5 Å². The van der Waals surface area contributed by atoms with Crippen molar-refractivity contribution in [2.75, 3.05) is 5.73 Å². The maximum atomic E-state index is 11.3. The maximum absolute atomic E-state index is 11.3. The zero-order chi connectivity index (χ0) is 11.9. The molecule has 5 N–H and O–H groups in total. The van der Waals surface area contributed by atoms with Gasteiger partial charge < -0.3 is 10.8 Å². The van der Waals surface area contributed by atoms with E-state index in [1.165, 1.54) is 0 Å². The monoisotopic (exact) mass is 238 g/mol. The molecule has 2 aromatic rings. The van der Waals surface area contributed by atoms with Crippen LogP contribution in [0.4, 0.5) is 5.69 Å². The molecular weight excluding hydrogens is 228 g/mol. The molecule has 0 aliphatic rings. The summed E-state index contributed by atoms with van der Waals surface area (Å²) in [5.74, 6) is -0.289. The Kier molecular flexibility index (Phi) is 2.25. The van der Waals surface area contributed by atoms with Gasteiger partial charge in [-0.1, -0.05) is 24.3 Å². The number of aromatic hydroxyl groups is 1. The highest BCUT2D eigenvalue weighted by Gasteiger charge is 2.16. The number of phenols is 1. The Labute approximate surface area is 92.3 Å². The highest BCUT2D eigenvalue weighted by molar-refractivity contribution is 7.89. The molecule has 0 saturated carbocycles. The van der Waals surface area contributed by atoms with E-state index < -0.39 is 10.0 Å². The van der Waals surface area contributed by atoms with Crippen molar-refractivity contribution in [3.05, 3.63) is 30.3 Å². The van der Waals surface area contributed by atoms with Crippen LogP contribution in [0.3, 0.4) is 0 Å². The van der Waals surface area contributed by atoms with Crippen LogP contribution in [0.2, 0.25) is 0 Å². The van der Waals surface area contributed by atoms with Gasteiger partial charge >= 0.3 is 0 Å². The topological polar surface area (TPSA) is 106 Å². The van der Waals surface area contributed by atoms with Crippen molar-refractivity contribution in [2.24, 2.45) is 5.14 Å². The number of anilines is 1. The lowest BCUT2D eigenvalue weighted by Gasteiger charge is -2.08. The number of benzene rings is 2. The largest absolute Gasteiger partial charge is 0.506 e. The minimum Gasteiger partial charge on any atom is -0.506 e. The fourth-order valence-electron chi connectivity index (χ4n) is 1.59. The summed E-state index contributed by atoms with van der Waals surface area (Å²) >= 11 is 0. The molecule has 84 valence electrons. The van der Waals surface area contributed by atoms with Crippen LogP contribution in [-0.4, -0.2) is 13.5 Å². The van der Waals surface area contributed by atoms with Crippen LogP contribution >= 0.6 is 0 Å². The van der Waals surface area contributed by atoms with Gasteiger partial charge in [-0.2, -0.15) is 0 Å². The number of rotatable bonds is 1. The second-order valence-electron chi connectivity index (χ2n) is 3.40. The molecule has 0 fully saturated rings. The smallest absolute Gasteiger partial charge is 0.238 e. The van der Waals surface area contributed by atoms with Crippen molar-refractivity contribution in [1.29, 1.82) is 0 Å². The first-order valence-corrected chi connectivity index (χ1v) is 5.99. The molecule has 16 heavy (non-hydrogen) atoms. The molecule has 6 heteroatoms. The summed E-state index contributed by atoms with van der Waals surface area (Å²) < 4.78 is 22.7. The lowest BCUT2D eigenvalue weighted by molar-refractivity contribution is 0.477. The highest BCUT2D eigenvalue weighted by Crippen LogP contribution is 2.34. The number of nitrogens with two attached hydrogens (primary N) is 2. The Morgan fingerprint density at radius 2 is 1.69 bits per heavy atom. The van der Waals surface area contributed by atoms with Crippen LogP contribution in [0.5, 0.6) is 5.75 Å². The van der Waals surface area contributed by atoms with E-state index in [2.05, 4.69) is 0 Å². The minimum atomic E-state index is -3.88. The second kappa shape index (κ2) is 3.36. The molecule has 0 aromatic heterocycles. The minimum absolute atomic E-state index is 0.130. The van der Waals surface area contributed by atoms with E-state index in [1.54, 1.807) is 24.3 Å². The summed E-state index contributed by atoms with van der Waals surface area (Å²) in [6, 6.07) is 7.65. The van der Waals surface area contributed by atoms with E-state index in [1.807, 2.05) is 0 Å². The van der Waals surface area contributed by atoms with E-state index in [9.17, 15) is 13.5 Å². The number of hydrogen-bond acceptors (Lipinski definition) is 4. The molecular formula is C10H10N2O3S. The first-order valence-electron chi connectivity index (χ1n) is 4.44. The van der Waals surface area contributed by atoms with Gasteiger partial charge in [0.15, 0.2) is 0 Å². The van der Waals surface area contributed by atoms with Crippen LogP contribution in [0.25, 0.3) is 10.8 Å². The predicted octanol–water partition coefficient (Wildman–Crippen LogP) is 0.775. The summed E-state index contributed by atoms with van der Waals surface area (Å²) in [5, 5.41) is 15.4. The van der Waals surface area contributed by atoms with Crippen molar-refractivity contribution in [2.45, 2.75) is 4.90 Å². The highest BCUT2D eigenvalue weighted by atomic mass is 32.2. The van der Waals surface area contributed by atoms with Gasteiger partial charge in [-0.15, -0.1) is 0 Å². The molecule has 0 atom stereocenters. The Morgan fingerprint density at radius 1 is 1.12 bits per heavy atom. The molecule has 0 amide bonds. The number of fused-ring (bicyclic) bond motifs is 1. The van der Waals surface area contributed by atoms with Gasteiger partial charge in [0.05, 0.1) is 10.6 Å². The van der Waals surface area contributed by atoms with Crippen LogP contribution in [0.15, 0.2) is 35.2 Å². The van der Waals surface area contributed by atoms with Crippen molar-refractivity contribution >= 4 is 26.5 Å². The normalized spacial score (nSPS) is 11.8. The maximum Gasteiger partial charge on any atom is 0.238 e. The molecule has 0 spiro atoms. The lowest BCUT2D eigenvalue weighted by atomic mass is 10.1. The standard InChI is InChI=1S/C10H10N2O3S/c11-10-7-4-2-1-3-6(7)9(5-8(10)13)16(12,14)15/h1-5,13H,11H2,(H2,12,14,15). The van der Waals surface area contributed by atoms with Gasteiger partial charge in [-0.3, -0.25) is 0 Å². The fraction of sp³-hybridized carbons (Fsp3) is 0. The second-order valence-corrected chi connectivity index (χ2v) is 4.93. The first-order chi connectivity index (χ1) is 7.41. The summed E-state index contributed by atoms with van der Waals surface area (Å²) in [4.78, 5) is -0.130. The number of sulfonamides is 1. The molecule has 0 heterocycles. The quantitative estimate of drug-likeness (QED) is 0.504. The number of phenolic OH excluding ortho intramolecular Hbond substituents is 1. The van der Waals surface area contributed by atoms with E-state index >= 15 is 0 Å². The fourth-order valence-corrected chi connectivity index (χ4v) is 2.35. The Hall–Kier alpha value is -1.79. The molecule has 0 aliphatic carbocycles. The molecule has 0 aliphatic heterocycles. The molecule has 0 radical (unpaired) electrons. The van der Waals surface area contributed by atoms with Gasteiger partial charge in [-0.25, -0.2) is 13.6 Å². The predicted molar refractivity (Wildman–Crippen MR) is 61.4 cm³/mol. The summed E-state index contributed by atoms with van der Waals surface area (Å²) in [5.41, 5.74) is 5.79. The summed E-state index contributed by atoms with van der Waals surface area (Å²) in [6.07, 6.45) is 0. The van der Waals surface area contributed by atoms with Gasteiger partial charge in [0.2, 0.25) is 10.0 Å². The molecule has 0 unspecified atom stereocenters. The Balaban J connectivity index is 3.02. The van der Waals surface area contributed by atoms with Gasteiger partial charge in [0.25, 0.3) is 0 Å². The van der Waals surface area contributed by atoms with Crippen LogP contribution in [0, 0.1) is 0 Å². The number of primary sulfonamides is 1. The van der Waals surface area contributed by atoms with E-state index in [0.29, 0.717) is 10.8 Å². The molecule has 2 rings (SSSR count). The third-order valence-corrected chi connectivity index (χ3v) is 3.28. The lowest BCUT2D eigenvalue weighted by Crippen LogP contribution is -2.12. The van der Waals surface area contributed by atoms with Gasteiger partial charge in [0, 0.05) is 16.8 Å². The number of nitrogen functional groups attached to an aromatic ring is 1. The molecule has 5 nitrogen and oxygen atoms in total. The van der Waals surface area contributed by atoms with Crippen molar-refractivity contribution in [3.8, 4) is 5.75 Å². The third kappa shape index (κ3) is 1.58. The molecule has 0 saturated heterocycles. The van der Waals surface area contributed by atoms with Crippen molar-refractivity contribution in [1.82, 2.24) is 0 Å². The summed E-state index contributed by atoms with van der Waals surface area (Å²) in [6.45, 7) is 0. The Bertz CT molecular complexity index is 665. The average molecular weight is 238 g/mol.